The van der Waals surface area contributed by atoms with Gasteiger partial charge in [0.2, 0.25) is 5.78 Å². The quantitative estimate of drug-likeness (QED) is 0.335. The molecule has 3 aromatic heterocycles. The zero-order valence-electron chi connectivity index (χ0n) is 16.5. The van der Waals surface area contributed by atoms with Crippen LogP contribution in [0.3, 0.4) is 0 Å². The van der Waals surface area contributed by atoms with Crippen LogP contribution >= 0.6 is 23.1 Å². The van der Waals surface area contributed by atoms with Gasteiger partial charge in [0.05, 0.1) is 11.1 Å². The standard InChI is InChI=1S/C22H22N4OS2/c1-13(2)12-28-22-24-23-21-25(15-9-5-4-6-10-15)19(27)18-17-14(3)8-7-11-16(17)29-20(18)26(21)22/h4-6,9-10,14H,1,7-8,11-12H2,2-3H3. The maximum absolute atomic E-state index is 13.8. The molecule has 4 aromatic rings. The highest BCUT2D eigenvalue weighted by atomic mass is 32.2. The number of benzene rings is 1. The highest BCUT2D eigenvalue weighted by Crippen LogP contribution is 2.41. The van der Waals surface area contributed by atoms with Gasteiger partial charge < -0.3 is 0 Å². The second-order valence-electron chi connectivity index (χ2n) is 7.75. The van der Waals surface area contributed by atoms with E-state index in [-0.39, 0.29) is 5.56 Å². The summed E-state index contributed by atoms with van der Waals surface area (Å²) in [6, 6.07) is 9.75. The third-order valence-electron chi connectivity index (χ3n) is 5.44. The van der Waals surface area contributed by atoms with Gasteiger partial charge in [-0.05, 0) is 49.8 Å². The molecule has 0 fully saturated rings. The fourth-order valence-electron chi connectivity index (χ4n) is 4.14. The molecule has 0 spiro atoms. The average Bonchev–Trinajstić information content (AvgIpc) is 3.29. The summed E-state index contributed by atoms with van der Waals surface area (Å²) in [7, 11) is 0. The molecule has 5 nitrogen and oxygen atoms in total. The summed E-state index contributed by atoms with van der Waals surface area (Å²) in [5, 5.41) is 10.5. The lowest BCUT2D eigenvalue weighted by atomic mass is 9.88. The van der Waals surface area contributed by atoms with Crippen LogP contribution in [-0.2, 0) is 6.42 Å². The Kier molecular flexibility index (Phi) is 4.59. The lowest BCUT2D eigenvalue weighted by molar-refractivity contribution is 0.601. The number of nitrogens with zero attached hydrogens (tertiary/aromatic N) is 4. The Morgan fingerprint density at radius 1 is 1.31 bits per heavy atom. The lowest BCUT2D eigenvalue weighted by Crippen LogP contribution is -2.22. The van der Waals surface area contributed by atoms with Crippen molar-refractivity contribution < 1.29 is 0 Å². The van der Waals surface area contributed by atoms with Crippen LogP contribution in [-0.4, -0.2) is 24.9 Å². The minimum atomic E-state index is 0.00815. The predicted molar refractivity (Wildman–Crippen MR) is 121 cm³/mol. The molecule has 0 amide bonds. The van der Waals surface area contributed by atoms with E-state index in [0.29, 0.717) is 11.7 Å². The Labute approximate surface area is 177 Å². The van der Waals surface area contributed by atoms with E-state index < -0.39 is 0 Å². The molecule has 0 bridgehead atoms. The summed E-state index contributed by atoms with van der Waals surface area (Å²) in [5.41, 5.74) is 3.14. The van der Waals surface area contributed by atoms with Crippen molar-refractivity contribution in [3.8, 4) is 5.69 Å². The van der Waals surface area contributed by atoms with Crippen molar-refractivity contribution in [3.05, 3.63) is 63.3 Å². The highest BCUT2D eigenvalue weighted by molar-refractivity contribution is 7.99. The predicted octanol–water partition coefficient (Wildman–Crippen LogP) is 5.20. The summed E-state index contributed by atoms with van der Waals surface area (Å²) in [4.78, 5) is 16.1. The molecule has 1 atom stereocenters. The molecule has 3 heterocycles. The first-order valence-electron chi connectivity index (χ1n) is 9.84. The Hall–Kier alpha value is -2.38. The molecule has 1 aliphatic rings. The van der Waals surface area contributed by atoms with E-state index in [0.717, 1.165) is 45.2 Å². The van der Waals surface area contributed by atoms with Crippen LogP contribution in [0.1, 0.15) is 43.0 Å². The van der Waals surface area contributed by atoms with Gasteiger partial charge in [-0.15, -0.1) is 21.5 Å². The first-order valence-corrected chi connectivity index (χ1v) is 11.6. The number of fused-ring (bicyclic) bond motifs is 5. The third-order valence-corrected chi connectivity index (χ3v) is 7.85. The van der Waals surface area contributed by atoms with Crippen LogP contribution in [0.5, 0.6) is 0 Å². The summed E-state index contributed by atoms with van der Waals surface area (Å²) < 4.78 is 3.79. The van der Waals surface area contributed by atoms with E-state index in [9.17, 15) is 4.79 Å². The van der Waals surface area contributed by atoms with Gasteiger partial charge in [0.15, 0.2) is 5.16 Å². The van der Waals surface area contributed by atoms with Crippen molar-refractivity contribution in [2.45, 2.75) is 44.2 Å². The second-order valence-corrected chi connectivity index (χ2v) is 9.78. The number of para-hydroxylation sites is 1. The van der Waals surface area contributed by atoms with Crippen LogP contribution in [0.25, 0.3) is 21.7 Å². The molecule has 7 heteroatoms. The normalized spacial score (nSPS) is 16.4. The molecule has 0 radical (unpaired) electrons. The van der Waals surface area contributed by atoms with Gasteiger partial charge >= 0.3 is 0 Å². The van der Waals surface area contributed by atoms with E-state index >= 15 is 0 Å². The molecule has 0 N–H and O–H groups in total. The average molecular weight is 423 g/mol. The minimum Gasteiger partial charge on any atom is -0.268 e. The van der Waals surface area contributed by atoms with E-state index in [1.165, 1.54) is 16.9 Å². The maximum Gasteiger partial charge on any atom is 0.268 e. The summed E-state index contributed by atoms with van der Waals surface area (Å²) in [6.45, 7) is 8.26. The summed E-state index contributed by atoms with van der Waals surface area (Å²) in [5.74, 6) is 1.74. The van der Waals surface area contributed by atoms with Crippen LogP contribution in [0.4, 0.5) is 0 Å². The molecule has 5 rings (SSSR count). The zero-order valence-corrected chi connectivity index (χ0v) is 18.1. The van der Waals surface area contributed by atoms with Gasteiger partial charge in [0.1, 0.15) is 4.83 Å². The number of hydrogen-bond donors (Lipinski definition) is 0. The zero-order chi connectivity index (χ0) is 20.1. The van der Waals surface area contributed by atoms with Gasteiger partial charge in [-0.25, -0.2) is 8.97 Å². The van der Waals surface area contributed by atoms with Gasteiger partial charge in [0, 0.05) is 10.6 Å². The fourth-order valence-corrected chi connectivity index (χ4v) is 6.43. The Morgan fingerprint density at radius 2 is 2.10 bits per heavy atom. The van der Waals surface area contributed by atoms with Gasteiger partial charge in [-0.1, -0.05) is 49.0 Å². The lowest BCUT2D eigenvalue weighted by Gasteiger charge is -2.18. The molecule has 1 unspecified atom stereocenters. The van der Waals surface area contributed by atoms with Crippen molar-refractivity contribution in [2.24, 2.45) is 0 Å². The van der Waals surface area contributed by atoms with E-state index in [1.807, 2.05) is 37.3 Å². The van der Waals surface area contributed by atoms with Gasteiger partial charge in [0.25, 0.3) is 5.56 Å². The molecular weight excluding hydrogens is 400 g/mol. The molecule has 148 valence electrons. The van der Waals surface area contributed by atoms with E-state index in [2.05, 4.69) is 28.1 Å². The number of thioether (sulfide) groups is 1. The minimum absolute atomic E-state index is 0.00815. The monoisotopic (exact) mass is 422 g/mol. The first kappa shape index (κ1) is 18.6. The van der Waals surface area contributed by atoms with Crippen molar-refractivity contribution in [1.29, 1.82) is 0 Å². The van der Waals surface area contributed by atoms with Crippen LogP contribution < -0.4 is 5.56 Å². The van der Waals surface area contributed by atoms with Crippen molar-refractivity contribution in [1.82, 2.24) is 19.2 Å². The number of aromatic nitrogens is 4. The highest BCUT2D eigenvalue weighted by Gasteiger charge is 2.28. The number of rotatable bonds is 4. The second kappa shape index (κ2) is 7.15. The van der Waals surface area contributed by atoms with Crippen molar-refractivity contribution in [2.75, 3.05) is 5.75 Å². The molecule has 1 aromatic carbocycles. The molecular formula is C22H22N4OS2. The van der Waals surface area contributed by atoms with Crippen LogP contribution in [0.15, 0.2) is 52.4 Å². The van der Waals surface area contributed by atoms with Crippen molar-refractivity contribution in [3.63, 3.8) is 0 Å². The Bertz CT molecular complexity index is 1300. The smallest absolute Gasteiger partial charge is 0.268 e. The molecule has 0 saturated carbocycles. The van der Waals surface area contributed by atoms with E-state index in [1.54, 1.807) is 27.7 Å². The molecule has 29 heavy (non-hydrogen) atoms. The third kappa shape index (κ3) is 2.95. The Morgan fingerprint density at radius 3 is 2.86 bits per heavy atom. The largest absolute Gasteiger partial charge is 0.268 e. The van der Waals surface area contributed by atoms with Gasteiger partial charge in [-0.3, -0.25) is 4.79 Å². The fraction of sp³-hybridized carbons (Fsp3) is 0.318. The van der Waals surface area contributed by atoms with Crippen LogP contribution in [0, 0.1) is 0 Å². The molecule has 0 aliphatic heterocycles. The first-order chi connectivity index (χ1) is 14.1. The van der Waals surface area contributed by atoms with Crippen molar-refractivity contribution >= 4 is 39.1 Å². The Balaban J connectivity index is 1.91. The maximum atomic E-state index is 13.8. The van der Waals surface area contributed by atoms with Crippen LogP contribution in [0.2, 0.25) is 0 Å². The SMILES string of the molecule is C=C(C)CSc1nnc2n(-c3ccccc3)c(=O)c3c4c(sc3n12)CCCC4C. The number of thiophene rings is 1. The topological polar surface area (TPSA) is 52.2 Å². The van der Waals surface area contributed by atoms with Gasteiger partial charge in [-0.2, -0.15) is 0 Å². The number of aryl methyl sites for hydroxylation is 1. The molecule has 1 aliphatic carbocycles. The summed E-state index contributed by atoms with van der Waals surface area (Å²) in [6.07, 6.45) is 3.35. The molecule has 0 saturated heterocycles. The number of hydrogen-bond acceptors (Lipinski definition) is 5. The summed E-state index contributed by atoms with van der Waals surface area (Å²) >= 11 is 3.36. The van der Waals surface area contributed by atoms with E-state index in [4.69, 9.17) is 0 Å².